The summed E-state index contributed by atoms with van der Waals surface area (Å²) in [7, 11) is 2.24. The van der Waals surface area contributed by atoms with Crippen LogP contribution in [0.3, 0.4) is 0 Å². The van der Waals surface area contributed by atoms with Gasteiger partial charge in [-0.3, -0.25) is 4.90 Å². The lowest BCUT2D eigenvalue weighted by atomic mass is 9.78. The van der Waals surface area contributed by atoms with Gasteiger partial charge in [0.25, 0.3) is 0 Å². The van der Waals surface area contributed by atoms with E-state index < -0.39 is 0 Å². The molecule has 4 unspecified atom stereocenters. The van der Waals surface area contributed by atoms with Crippen molar-refractivity contribution < 1.29 is 0 Å². The van der Waals surface area contributed by atoms with E-state index in [1.54, 1.807) is 0 Å². The normalized spacial score (nSPS) is 47.8. The van der Waals surface area contributed by atoms with Gasteiger partial charge < -0.3 is 10.6 Å². The minimum atomic E-state index is 0.365. The largest absolute Gasteiger partial charge is 0.329 e. The van der Waals surface area contributed by atoms with Crippen molar-refractivity contribution in [1.82, 2.24) is 9.80 Å². The summed E-state index contributed by atoms with van der Waals surface area (Å²) in [6.07, 6.45) is 5.73. The second-order valence-corrected chi connectivity index (χ2v) is 6.69. The molecule has 0 aromatic heterocycles. The molecular formula is C14H27N3. The molecule has 3 heteroatoms. The molecule has 0 aromatic carbocycles. The molecular weight excluding hydrogens is 210 g/mol. The van der Waals surface area contributed by atoms with Crippen LogP contribution in [0.15, 0.2) is 0 Å². The number of hydrogen-bond acceptors (Lipinski definition) is 3. The molecule has 3 aliphatic rings. The second kappa shape index (κ2) is 4.22. The van der Waals surface area contributed by atoms with Gasteiger partial charge in [-0.1, -0.05) is 6.42 Å². The van der Waals surface area contributed by atoms with Crippen molar-refractivity contribution in [3.05, 3.63) is 0 Å². The average Bonchev–Trinajstić information content (AvgIpc) is 2.89. The smallest absolute Gasteiger partial charge is 0.0366 e. The number of nitrogens with zero attached hydrogens (tertiary/aromatic N) is 2. The first-order valence-electron chi connectivity index (χ1n) is 7.31. The van der Waals surface area contributed by atoms with Gasteiger partial charge >= 0.3 is 0 Å². The quantitative estimate of drug-likeness (QED) is 0.782. The molecule has 3 nitrogen and oxygen atoms in total. The third-order valence-corrected chi connectivity index (χ3v) is 5.70. The van der Waals surface area contributed by atoms with Crippen LogP contribution in [0.25, 0.3) is 0 Å². The van der Waals surface area contributed by atoms with Gasteiger partial charge in [-0.2, -0.15) is 0 Å². The van der Waals surface area contributed by atoms with E-state index in [2.05, 4.69) is 23.8 Å². The van der Waals surface area contributed by atoms with E-state index in [4.69, 9.17) is 5.73 Å². The summed E-state index contributed by atoms with van der Waals surface area (Å²) in [6, 6.07) is 0.677. The van der Waals surface area contributed by atoms with E-state index in [1.807, 2.05) is 0 Å². The Morgan fingerprint density at radius 1 is 1.29 bits per heavy atom. The molecule has 1 heterocycles. The lowest BCUT2D eigenvalue weighted by Crippen LogP contribution is -2.65. The third-order valence-electron chi connectivity index (χ3n) is 5.70. The highest BCUT2D eigenvalue weighted by atomic mass is 15.3. The van der Waals surface area contributed by atoms with Crippen LogP contribution in [0, 0.1) is 11.8 Å². The first kappa shape index (κ1) is 11.9. The van der Waals surface area contributed by atoms with Crippen LogP contribution in [-0.4, -0.2) is 54.6 Å². The lowest BCUT2D eigenvalue weighted by Gasteiger charge is -2.52. The standard InChI is InChI=1S/C14H27N3/c1-11-9-16(2)5-6-17(11)14(10-15)8-12-3-4-13(14)7-12/h11-13H,3-10,15H2,1-2H3. The van der Waals surface area contributed by atoms with Gasteiger partial charge in [-0.25, -0.2) is 0 Å². The minimum Gasteiger partial charge on any atom is -0.329 e. The summed E-state index contributed by atoms with van der Waals surface area (Å²) in [4.78, 5) is 5.23. The summed E-state index contributed by atoms with van der Waals surface area (Å²) in [5, 5.41) is 0. The zero-order valence-electron chi connectivity index (χ0n) is 11.4. The van der Waals surface area contributed by atoms with Crippen molar-refractivity contribution in [2.75, 3.05) is 33.2 Å². The summed E-state index contributed by atoms with van der Waals surface area (Å²) in [5.41, 5.74) is 6.59. The van der Waals surface area contributed by atoms with E-state index in [0.29, 0.717) is 11.6 Å². The summed E-state index contributed by atoms with van der Waals surface area (Å²) >= 11 is 0. The van der Waals surface area contributed by atoms with Gasteiger partial charge in [-0.05, 0) is 45.1 Å². The number of hydrogen-bond donors (Lipinski definition) is 1. The van der Waals surface area contributed by atoms with Gasteiger partial charge in [0.1, 0.15) is 0 Å². The molecule has 4 atom stereocenters. The predicted molar refractivity (Wildman–Crippen MR) is 70.9 cm³/mol. The molecule has 17 heavy (non-hydrogen) atoms. The fourth-order valence-corrected chi connectivity index (χ4v) is 4.94. The minimum absolute atomic E-state index is 0.365. The maximum absolute atomic E-state index is 6.23. The molecule has 0 amide bonds. The van der Waals surface area contributed by atoms with E-state index in [9.17, 15) is 0 Å². The Kier molecular flexibility index (Phi) is 2.96. The van der Waals surface area contributed by atoms with Gasteiger partial charge in [0, 0.05) is 37.8 Å². The lowest BCUT2D eigenvalue weighted by molar-refractivity contribution is -0.0276. The van der Waals surface area contributed by atoms with Gasteiger partial charge in [0.15, 0.2) is 0 Å². The molecule has 3 fully saturated rings. The van der Waals surface area contributed by atoms with E-state index in [-0.39, 0.29) is 0 Å². The Labute approximate surface area is 105 Å². The van der Waals surface area contributed by atoms with Gasteiger partial charge in [-0.15, -0.1) is 0 Å². The fraction of sp³-hybridized carbons (Fsp3) is 1.00. The number of likely N-dealkylation sites (N-methyl/N-ethyl adjacent to an activating group) is 1. The maximum atomic E-state index is 6.23. The van der Waals surface area contributed by atoms with Crippen LogP contribution in [0.1, 0.15) is 32.6 Å². The van der Waals surface area contributed by atoms with Crippen molar-refractivity contribution in [1.29, 1.82) is 0 Å². The summed E-state index contributed by atoms with van der Waals surface area (Å²) < 4.78 is 0. The zero-order chi connectivity index (χ0) is 12.0. The first-order valence-corrected chi connectivity index (χ1v) is 7.31. The first-order chi connectivity index (χ1) is 8.15. The molecule has 0 radical (unpaired) electrons. The van der Waals surface area contributed by atoms with Crippen LogP contribution in [-0.2, 0) is 0 Å². The summed E-state index contributed by atoms with van der Waals surface area (Å²) in [5.74, 6) is 1.87. The van der Waals surface area contributed by atoms with E-state index >= 15 is 0 Å². The maximum Gasteiger partial charge on any atom is 0.0366 e. The van der Waals surface area contributed by atoms with Crippen molar-refractivity contribution >= 4 is 0 Å². The van der Waals surface area contributed by atoms with Crippen LogP contribution < -0.4 is 5.73 Å². The van der Waals surface area contributed by atoms with Crippen LogP contribution in [0.4, 0.5) is 0 Å². The molecule has 2 aliphatic carbocycles. The van der Waals surface area contributed by atoms with Crippen LogP contribution >= 0.6 is 0 Å². The number of rotatable bonds is 2. The molecule has 1 saturated heterocycles. The number of fused-ring (bicyclic) bond motifs is 2. The zero-order valence-corrected chi connectivity index (χ0v) is 11.4. The molecule has 98 valence electrons. The Morgan fingerprint density at radius 2 is 2.12 bits per heavy atom. The van der Waals surface area contributed by atoms with Gasteiger partial charge in [0.05, 0.1) is 0 Å². The van der Waals surface area contributed by atoms with Gasteiger partial charge in [0.2, 0.25) is 0 Å². The van der Waals surface area contributed by atoms with Crippen molar-refractivity contribution in [3.63, 3.8) is 0 Å². The topological polar surface area (TPSA) is 32.5 Å². The molecule has 2 bridgehead atoms. The molecule has 2 N–H and O–H groups in total. The Bertz CT molecular complexity index is 293. The van der Waals surface area contributed by atoms with Crippen molar-refractivity contribution in [3.8, 4) is 0 Å². The fourth-order valence-electron chi connectivity index (χ4n) is 4.94. The highest BCUT2D eigenvalue weighted by molar-refractivity contribution is 5.10. The highest BCUT2D eigenvalue weighted by Gasteiger charge is 2.54. The molecule has 3 rings (SSSR count). The Morgan fingerprint density at radius 3 is 2.65 bits per heavy atom. The molecule has 0 aromatic rings. The number of nitrogens with two attached hydrogens (primary N) is 1. The second-order valence-electron chi connectivity index (χ2n) is 6.69. The van der Waals surface area contributed by atoms with Crippen molar-refractivity contribution in [2.24, 2.45) is 17.6 Å². The Hall–Kier alpha value is -0.120. The SMILES string of the molecule is CC1CN(C)CCN1C1(CN)CC2CCC1C2. The number of piperazine rings is 1. The van der Waals surface area contributed by atoms with E-state index in [1.165, 1.54) is 45.3 Å². The molecule has 2 saturated carbocycles. The van der Waals surface area contributed by atoms with Crippen LogP contribution in [0.2, 0.25) is 0 Å². The summed E-state index contributed by atoms with van der Waals surface area (Å²) in [6.45, 7) is 6.90. The van der Waals surface area contributed by atoms with Crippen LogP contribution in [0.5, 0.6) is 0 Å². The predicted octanol–water partition coefficient (Wildman–Crippen LogP) is 1.14. The average molecular weight is 237 g/mol. The van der Waals surface area contributed by atoms with E-state index in [0.717, 1.165) is 18.4 Å². The van der Waals surface area contributed by atoms with Crippen molar-refractivity contribution in [2.45, 2.75) is 44.2 Å². The molecule has 0 spiro atoms. The Balaban J connectivity index is 1.81. The molecule has 1 aliphatic heterocycles. The third kappa shape index (κ3) is 1.74. The monoisotopic (exact) mass is 237 g/mol. The highest BCUT2D eigenvalue weighted by Crippen LogP contribution is 2.53.